The van der Waals surface area contributed by atoms with Gasteiger partial charge in [-0.1, -0.05) is 38.1 Å². The van der Waals surface area contributed by atoms with Crippen LogP contribution in [0.5, 0.6) is 0 Å². The van der Waals surface area contributed by atoms with E-state index in [0.717, 1.165) is 24.9 Å². The zero-order valence-corrected chi connectivity index (χ0v) is 16.2. The Labute approximate surface area is 151 Å². The quantitative estimate of drug-likeness (QED) is 0.825. The summed E-state index contributed by atoms with van der Waals surface area (Å²) in [5.74, 6) is 0.618. The maximum Gasteiger partial charge on any atom is 0.230 e. The Kier molecular flexibility index (Phi) is 4.95. The van der Waals surface area contributed by atoms with Crippen molar-refractivity contribution in [2.45, 2.75) is 45.6 Å². The van der Waals surface area contributed by atoms with Crippen LogP contribution in [0.4, 0.5) is 0 Å². The van der Waals surface area contributed by atoms with Gasteiger partial charge >= 0.3 is 0 Å². The van der Waals surface area contributed by atoms with E-state index < -0.39 is 15.4 Å². The standard InChI is InChI=1S/C19H28N2O3S/c1-15(2)17-7-5-16(6-8-17)13-20-11-4-9-19(18(20)22)10-12-21(14-19)25(3,23)24/h5-8,15H,4,9-14H2,1-3H3/t19-/m0/s1. The van der Waals surface area contributed by atoms with Gasteiger partial charge in [0, 0.05) is 26.2 Å². The molecule has 138 valence electrons. The van der Waals surface area contributed by atoms with Crippen LogP contribution in [0.15, 0.2) is 24.3 Å². The van der Waals surface area contributed by atoms with Crippen LogP contribution >= 0.6 is 0 Å². The summed E-state index contributed by atoms with van der Waals surface area (Å²) in [7, 11) is -3.23. The third kappa shape index (κ3) is 3.75. The number of nitrogens with zero attached hydrogens (tertiary/aromatic N) is 2. The number of hydrogen-bond donors (Lipinski definition) is 0. The van der Waals surface area contributed by atoms with E-state index in [9.17, 15) is 13.2 Å². The molecule has 0 radical (unpaired) electrons. The topological polar surface area (TPSA) is 57.7 Å². The molecule has 2 aliphatic rings. The number of benzene rings is 1. The number of amides is 1. The average molecular weight is 365 g/mol. The molecule has 1 amide bonds. The first-order valence-electron chi connectivity index (χ1n) is 9.05. The van der Waals surface area contributed by atoms with Gasteiger partial charge in [0.25, 0.3) is 0 Å². The van der Waals surface area contributed by atoms with Gasteiger partial charge in [-0.25, -0.2) is 12.7 Å². The predicted octanol–water partition coefficient (Wildman–Crippen LogP) is 2.58. The highest BCUT2D eigenvalue weighted by atomic mass is 32.2. The highest BCUT2D eigenvalue weighted by Crippen LogP contribution is 2.41. The number of piperidine rings is 1. The smallest absolute Gasteiger partial charge is 0.230 e. The van der Waals surface area contributed by atoms with Crippen molar-refractivity contribution < 1.29 is 13.2 Å². The van der Waals surface area contributed by atoms with E-state index in [1.165, 1.54) is 16.1 Å². The highest BCUT2D eigenvalue weighted by molar-refractivity contribution is 7.88. The van der Waals surface area contributed by atoms with Crippen molar-refractivity contribution in [3.63, 3.8) is 0 Å². The van der Waals surface area contributed by atoms with Crippen molar-refractivity contribution in [2.24, 2.45) is 5.41 Å². The number of sulfonamides is 1. The van der Waals surface area contributed by atoms with Gasteiger partial charge in [0.2, 0.25) is 15.9 Å². The minimum Gasteiger partial charge on any atom is -0.338 e. The molecule has 0 aromatic heterocycles. The molecule has 2 fully saturated rings. The lowest BCUT2D eigenvalue weighted by molar-refractivity contribution is -0.146. The van der Waals surface area contributed by atoms with Crippen LogP contribution in [0.3, 0.4) is 0 Å². The molecular weight excluding hydrogens is 336 g/mol. The van der Waals surface area contributed by atoms with Crippen LogP contribution in [0.1, 0.15) is 50.2 Å². The first kappa shape index (κ1) is 18.4. The van der Waals surface area contributed by atoms with Crippen LogP contribution < -0.4 is 0 Å². The molecule has 2 heterocycles. The van der Waals surface area contributed by atoms with E-state index in [-0.39, 0.29) is 5.91 Å². The molecular formula is C19H28N2O3S. The van der Waals surface area contributed by atoms with E-state index >= 15 is 0 Å². The van der Waals surface area contributed by atoms with Gasteiger partial charge in [-0.2, -0.15) is 0 Å². The minimum atomic E-state index is -3.23. The maximum absolute atomic E-state index is 13.1. The summed E-state index contributed by atoms with van der Waals surface area (Å²) in [6.07, 6.45) is 3.60. The Hall–Kier alpha value is -1.40. The van der Waals surface area contributed by atoms with E-state index in [1.807, 2.05) is 4.90 Å². The Morgan fingerprint density at radius 3 is 2.36 bits per heavy atom. The van der Waals surface area contributed by atoms with Crippen molar-refractivity contribution in [1.82, 2.24) is 9.21 Å². The molecule has 0 unspecified atom stereocenters. The van der Waals surface area contributed by atoms with Gasteiger partial charge < -0.3 is 4.90 Å². The Morgan fingerprint density at radius 2 is 1.80 bits per heavy atom. The number of carbonyl (C=O) groups is 1. The summed E-state index contributed by atoms with van der Waals surface area (Å²) in [6.45, 7) is 6.50. The second-order valence-electron chi connectivity index (χ2n) is 7.85. The molecule has 0 N–H and O–H groups in total. The third-order valence-corrected chi connectivity index (χ3v) is 6.88. The minimum absolute atomic E-state index is 0.123. The number of hydrogen-bond acceptors (Lipinski definition) is 3. The summed E-state index contributed by atoms with van der Waals surface area (Å²) in [4.78, 5) is 15.0. The third-order valence-electron chi connectivity index (χ3n) is 5.63. The first-order valence-corrected chi connectivity index (χ1v) is 10.9. The summed E-state index contributed by atoms with van der Waals surface area (Å²) in [6, 6.07) is 8.46. The maximum atomic E-state index is 13.1. The van der Waals surface area contributed by atoms with Crippen LogP contribution in [-0.4, -0.2) is 49.4 Å². The van der Waals surface area contributed by atoms with Crippen molar-refractivity contribution >= 4 is 15.9 Å². The second-order valence-corrected chi connectivity index (χ2v) is 9.84. The number of rotatable bonds is 4. The van der Waals surface area contributed by atoms with E-state index in [4.69, 9.17) is 0 Å². The van der Waals surface area contributed by atoms with Gasteiger partial charge in [-0.3, -0.25) is 4.79 Å². The van der Waals surface area contributed by atoms with Gasteiger partial charge in [-0.05, 0) is 36.3 Å². The molecule has 5 nitrogen and oxygen atoms in total. The summed E-state index contributed by atoms with van der Waals surface area (Å²) in [5.41, 5.74) is 1.91. The molecule has 6 heteroatoms. The zero-order chi connectivity index (χ0) is 18.2. The van der Waals surface area contributed by atoms with Crippen LogP contribution in [0.2, 0.25) is 0 Å². The largest absolute Gasteiger partial charge is 0.338 e. The van der Waals surface area contributed by atoms with E-state index in [0.29, 0.717) is 32.0 Å². The van der Waals surface area contributed by atoms with Gasteiger partial charge in [0.05, 0.1) is 11.7 Å². The second kappa shape index (κ2) is 6.72. The Morgan fingerprint density at radius 1 is 1.12 bits per heavy atom. The molecule has 1 spiro atoms. The van der Waals surface area contributed by atoms with E-state index in [1.54, 1.807) is 0 Å². The lowest BCUT2D eigenvalue weighted by Crippen LogP contribution is -2.49. The highest BCUT2D eigenvalue weighted by Gasteiger charge is 2.50. The Bertz CT molecular complexity index is 742. The molecule has 0 bridgehead atoms. The normalized spacial score (nSPS) is 25.3. The number of likely N-dealkylation sites (tertiary alicyclic amines) is 1. The molecule has 0 aliphatic carbocycles. The van der Waals surface area contributed by atoms with Crippen molar-refractivity contribution in [1.29, 1.82) is 0 Å². The molecule has 1 aromatic rings. The molecule has 25 heavy (non-hydrogen) atoms. The molecule has 2 saturated heterocycles. The van der Waals surface area contributed by atoms with Gasteiger partial charge in [-0.15, -0.1) is 0 Å². The number of carbonyl (C=O) groups excluding carboxylic acids is 1. The van der Waals surface area contributed by atoms with Crippen LogP contribution in [-0.2, 0) is 21.4 Å². The molecule has 3 rings (SSSR count). The van der Waals surface area contributed by atoms with Crippen LogP contribution in [0.25, 0.3) is 0 Å². The van der Waals surface area contributed by atoms with Crippen LogP contribution in [0, 0.1) is 5.41 Å². The fourth-order valence-electron chi connectivity index (χ4n) is 4.03. The van der Waals surface area contributed by atoms with E-state index in [2.05, 4.69) is 38.1 Å². The summed E-state index contributed by atoms with van der Waals surface area (Å²) in [5, 5.41) is 0. The molecule has 2 aliphatic heterocycles. The van der Waals surface area contributed by atoms with Crippen molar-refractivity contribution in [3.8, 4) is 0 Å². The van der Waals surface area contributed by atoms with Gasteiger partial charge in [0.1, 0.15) is 0 Å². The molecule has 0 saturated carbocycles. The monoisotopic (exact) mass is 364 g/mol. The molecule has 1 atom stereocenters. The summed E-state index contributed by atoms with van der Waals surface area (Å²) < 4.78 is 25.1. The fraction of sp³-hybridized carbons (Fsp3) is 0.632. The average Bonchev–Trinajstić information content (AvgIpc) is 2.98. The predicted molar refractivity (Wildman–Crippen MR) is 98.6 cm³/mol. The zero-order valence-electron chi connectivity index (χ0n) is 15.4. The SMILES string of the molecule is CC(C)c1ccc(CN2CCC[C@@]3(CCN(S(C)(=O)=O)C3)C2=O)cc1. The van der Waals surface area contributed by atoms with Crippen molar-refractivity contribution in [3.05, 3.63) is 35.4 Å². The first-order chi connectivity index (χ1) is 11.7. The fourth-order valence-corrected chi connectivity index (χ4v) is 4.93. The van der Waals surface area contributed by atoms with Crippen molar-refractivity contribution in [2.75, 3.05) is 25.9 Å². The lowest BCUT2D eigenvalue weighted by Gasteiger charge is -2.39. The lowest BCUT2D eigenvalue weighted by atomic mass is 9.78. The molecule has 1 aromatic carbocycles. The van der Waals surface area contributed by atoms with Gasteiger partial charge in [0.15, 0.2) is 0 Å². The summed E-state index contributed by atoms with van der Waals surface area (Å²) >= 11 is 0. The Balaban J connectivity index is 1.72.